The number of rotatable bonds is 7. The summed E-state index contributed by atoms with van der Waals surface area (Å²) in [5.74, 6) is -0.661. The predicted octanol–water partition coefficient (Wildman–Crippen LogP) is 5.55. The van der Waals surface area contributed by atoms with E-state index in [1.165, 1.54) is 13.2 Å². The number of nitrogens with one attached hydrogen (secondary N) is 1. The minimum Gasteiger partial charge on any atom is -0.507 e. The molecule has 0 bridgehead atoms. The maximum Gasteiger partial charge on any atom is 0.407 e. The number of alkyl carbamates (subject to hydrolysis) is 1. The average molecular weight is 519 g/mol. The lowest BCUT2D eigenvalue weighted by atomic mass is 9.98. The first-order chi connectivity index (χ1) is 19.0. The van der Waals surface area contributed by atoms with Crippen molar-refractivity contribution < 1.29 is 24.2 Å². The summed E-state index contributed by atoms with van der Waals surface area (Å²) in [5.41, 5.74) is 6.90. The number of amides is 1. The van der Waals surface area contributed by atoms with E-state index >= 15 is 0 Å². The first-order valence-electron chi connectivity index (χ1n) is 12.5. The highest BCUT2D eigenvalue weighted by Crippen LogP contribution is 2.44. The molecule has 39 heavy (non-hydrogen) atoms. The Hall–Kier alpha value is -5.09. The zero-order valence-corrected chi connectivity index (χ0v) is 21.3. The molecule has 1 amide bonds. The van der Waals surface area contributed by atoms with Crippen molar-refractivity contribution in [2.24, 2.45) is 0 Å². The van der Waals surface area contributed by atoms with Gasteiger partial charge in [-0.15, -0.1) is 0 Å². The Morgan fingerprint density at radius 2 is 1.56 bits per heavy atom. The topological polar surface area (TPSA) is 109 Å². The zero-order valence-electron chi connectivity index (χ0n) is 21.3. The van der Waals surface area contributed by atoms with E-state index in [9.17, 15) is 14.7 Å². The van der Waals surface area contributed by atoms with Crippen LogP contribution in [0.3, 0.4) is 0 Å². The van der Waals surface area contributed by atoms with Crippen LogP contribution in [0.25, 0.3) is 22.3 Å². The number of hydrogen-bond donors (Lipinski definition) is 2. The maximum atomic E-state index is 12.8. The summed E-state index contributed by atoms with van der Waals surface area (Å²) < 4.78 is 10.5. The standard InChI is InChI=1S/C32H26N2O5/c1-38-31(36)29(17-21-12-15-30(35)27(16-21)22-13-10-20(18-33)11-14-22)34-32(37)39-19-28-25-8-4-2-6-23(25)24-7-3-5-9-26(24)28/h2-16,28-29,35H,17,19H2,1H3,(H,34,37)/t29-/m0/s1. The number of phenolic OH excluding ortho intramolecular Hbond substituents is 1. The van der Waals surface area contributed by atoms with Crippen LogP contribution in [-0.2, 0) is 20.7 Å². The van der Waals surface area contributed by atoms with Gasteiger partial charge in [-0.05, 0) is 57.6 Å². The Morgan fingerprint density at radius 1 is 0.923 bits per heavy atom. The van der Waals surface area contributed by atoms with Gasteiger partial charge in [-0.2, -0.15) is 5.26 Å². The van der Waals surface area contributed by atoms with Crippen molar-refractivity contribution in [3.8, 4) is 34.1 Å². The zero-order chi connectivity index (χ0) is 27.4. The number of carbonyl (C=O) groups is 2. The summed E-state index contributed by atoms with van der Waals surface area (Å²) in [5, 5.41) is 22.1. The molecule has 0 aliphatic heterocycles. The van der Waals surface area contributed by atoms with Crippen LogP contribution in [0.5, 0.6) is 5.75 Å². The number of aromatic hydroxyl groups is 1. The number of esters is 1. The third kappa shape index (κ3) is 5.32. The van der Waals surface area contributed by atoms with E-state index in [2.05, 4.69) is 23.5 Å². The van der Waals surface area contributed by atoms with Crippen LogP contribution in [0, 0.1) is 11.3 Å². The number of ether oxygens (including phenoxy) is 2. The van der Waals surface area contributed by atoms with Crippen molar-refractivity contribution in [1.29, 1.82) is 5.26 Å². The Morgan fingerprint density at radius 3 is 2.18 bits per heavy atom. The van der Waals surface area contributed by atoms with Gasteiger partial charge in [-0.3, -0.25) is 0 Å². The van der Waals surface area contributed by atoms with Crippen LogP contribution < -0.4 is 5.32 Å². The van der Waals surface area contributed by atoms with Crippen LogP contribution in [0.4, 0.5) is 4.79 Å². The minimum atomic E-state index is -0.996. The molecule has 7 heteroatoms. The molecule has 0 aromatic heterocycles. The van der Waals surface area contributed by atoms with Crippen molar-refractivity contribution in [3.05, 3.63) is 113 Å². The molecule has 0 radical (unpaired) electrons. The molecule has 0 unspecified atom stereocenters. The highest BCUT2D eigenvalue weighted by Gasteiger charge is 2.30. The molecular formula is C32H26N2O5. The minimum absolute atomic E-state index is 0.0579. The molecule has 1 atom stereocenters. The SMILES string of the molecule is COC(=O)[C@H](Cc1ccc(O)c(-c2ccc(C#N)cc2)c1)NC(=O)OCC1c2ccccc2-c2ccccc21. The Kier molecular flexibility index (Phi) is 7.28. The fourth-order valence-corrected chi connectivity index (χ4v) is 5.02. The Labute approximate surface area is 226 Å². The molecule has 4 aromatic rings. The van der Waals surface area contributed by atoms with Crippen molar-refractivity contribution in [1.82, 2.24) is 5.32 Å². The summed E-state index contributed by atoms with van der Waals surface area (Å²) in [6.45, 7) is 0.121. The van der Waals surface area contributed by atoms with Crippen molar-refractivity contribution in [3.63, 3.8) is 0 Å². The molecule has 7 nitrogen and oxygen atoms in total. The molecule has 5 rings (SSSR count). The lowest BCUT2D eigenvalue weighted by Gasteiger charge is -2.19. The number of benzene rings is 4. The first kappa shape index (κ1) is 25.6. The van der Waals surface area contributed by atoms with E-state index in [1.807, 2.05) is 36.4 Å². The summed E-state index contributed by atoms with van der Waals surface area (Å²) in [4.78, 5) is 25.4. The molecule has 2 N–H and O–H groups in total. The van der Waals surface area contributed by atoms with Crippen LogP contribution in [0.2, 0.25) is 0 Å². The van der Waals surface area contributed by atoms with Crippen LogP contribution in [0.15, 0.2) is 91.0 Å². The van der Waals surface area contributed by atoms with Crippen molar-refractivity contribution in [2.45, 2.75) is 18.4 Å². The smallest absolute Gasteiger partial charge is 0.407 e. The number of hydrogen-bond acceptors (Lipinski definition) is 6. The number of fused-ring (bicyclic) bond motifs is 3. The van der Waals surface area contributed by atoms with Gasteiger partial charge >= 0.3 is 12.1 Å². The van der Waals surface area contributed by atoms with Gasteiger partial charge in [0.05, 0.1) is 18.7 Å². The fraction of sp³-hybridized carbons (Fsp3) is 0.156. The third-order valence-electron chi connectivity index (χ3n) is 6.95. The molecular weight excluding hydrogens is 492 g/mol. The number of nitriles is 1. The monoisotopic (exact) mass is 518 g/mol. The number of nitrogens with zero attached hydrogens (tertiary/aromatic N) is 1. The van der Waals surface area contributed by atoms with E-state index < -0.39 is 18.1 Å². The lowest BCUT2D eigenvalue weighted by molar-refractivity contribution is -0.143. The first-order valence-corrected chi connectivity index (χ1v) is 12.5. The summed E-state index contributed by atoms with van der Waals surface area (Å²) >= 11 is 0. The van der Waals surface area contributed by atoms with Gasteiger partial charge < -0.3 is 19.9 Å². The predicted molar refractivity (Wildman–Crippen MR) is 146 cm³/mol. The Balaban J connectivity index is 1.29. The molecule has 0 saturated carbocycles. The Bertz CT molecular complexity index is 1530. The van der Waals surface area contributed by atoms with Gasteiger partial charge in [0.15, 0.2) is 0 Å². The lowest BCUT2D eigenvalue weighted by Crippen LogP contribution is -2.43. The van der Waals surface area contributed by atoms with Gasteiger partial charge in [-0.25, -0.2) is 9.59 Å². The molecule has 0 saturated heterocycles. The third-order valence-corrected chi connectivity index (χ3v) is 6.95. The summed E-state index contributed by atoms with van der Waals surface area (Å²) in [6.07, 6.45) is -0.598. The van der Waals surface area contributed by atoms with E-state index in [-0.39, 0.29) is 24.7 Å². The van der Waals surface area contributed by atoms with E-state index in [1.54, 1.807) is 36.4 Å². The average Bonchev–Trinajstić information content (AvgIpc) is 3.30. The van der Waals surface area contributed by atoms with Gasteiger partial charge in [0.2, 0.25) is 0 Å². The van der Waals surface area contributed by atoms with Crippen LogP contribution >= 0.6 is 0 Å². The number of carbonyl (C=O) groups excluding carboxylic acids is 2. The van der Waals surface area contributed by atoms with Crippen molar-refractivity contribution in [2.75, 3.05) is 13.7 Å². The second-order valence-electron chi connectivity index (χ2n) is 9.29. The van der Waals surface area contributed by atoms with Gasteiger partial charge in [-0.1, -0.05) is 66.7 Å². The van der Waals surface area contributed by atoms with Gasteiger partial charge in [0.1, 0.15) is 18.4 Å². The van der Waals surface area contributed by atoms with E-state index in [0.29, 0.717) is 22.3 Å². The molecule has 4 aromatic carbocycles. The fourth-order valence-electron chi connectivity index (χ4n) is 5.02. The highest BCUT2D eigenvalue weighted by atomic mass is 16.6. The van der Waals surface area contributed by atoms with E-state index in [4.69, 9.17) is 14.7 Å². The highest BCUT2D eigenvalue weighted by molar-refractivity contribution is 5.82. The van der Waals surface area contributed by atoms with Gasteiger partial charge in [0.25, 0.3) is 0 Å². The van der Waals surface area contributed by atoms with Crippen molar-refractivity contribution >= 4 is 12.1 Å². The number of methoxy groups -OCH3 is 1. The summed E-state index contributed by atoms with van der Waals surface area (Å²) in [6, 6.07) is 28.9. The molecule has 0 fully saturated rings. The molecule has 0 spiro atoms. The normalized spacial score (nSPS) is 12.5. The molecule has 0 heterocycles. The summed E-state index contributed by atoms with van der Waals surface area (Å²) in [7, 11) is 1.26. The molecule has 194 valence electrons. The maximum absolute atomic E-state index is 12.8. The largest absolute Gasteiger partial charge is 0.507 e. The number of phenols is 1. The van der Waals surface area contributed by atoms with E-state index in [0.717, 1.165) is 22.3 Å². The van der Waals surface area contributed by atoms with Crippen LogP contribution in [-0.4, -0.2) is 36.9 Å². The second-order valence-corrected chi connectivity index (χ2v) is 9.29. The van der Waals surface area contributed by atoms with Crippen LogP contribution in [0.1, 0.15) is 28.2 Å². The van der Waals surface area contributed by atoms with Gasteiger partial charge in [0, 0.05) is 17.9 Å². The molecule has 1 aliphatic carbocycles. The second kappa shape index (κ2) is 11.1. The molecule has 1 aliphatic rings. The quantitative estimate of drug-likeness (QED) is 0.310.